The minimum Gasteiger partial charge on any atom is -0.481 e. The van der Waals surface area contributed by atoms with Crippen molar-refractivity contribution in [1.82, 2.24) is 10.4 Å². The summed E-state index contributed by atoms with van der Waals surface area (Å²) < 4.78 is 0. The van der Waals surface area contributed by atoms with Gasteiger partial charge in [-0.25, -0.2) is 0 Å². The quantitative estimate of drug-likeness (QED) is 0.131. The molecule has 0 saturated heterocycles. The number of carboxylic acid groups (broad SMARTS) is 5. The monoisotopic (exact) mass is 568 g/mol. The Bertz CT molecular complexity index is 687. The number of carbonyl (C=O) groups is 5. The Morgan fingerprint density at radius 1 is 0.816 bits per heavy atom. The molecule has 0 spiro atoms. The van der Waals surface area contributed by atoms with Gasteiger partial charge in [-0.2, -0.15) is 13.5 Å². The van der Waals surface area contributed by atoms with Gasteiger partial charge in [0.2, 0.25) is 0 Å². The Morgan fingerprint density at radius 2 is 1.16 bits per heavy atom. The lowest BCUT2D eigenvalue weighted by Gasteiger charge is -2.17. The fourth-order valence-electron chi connectivity index (χ4n) is 1.43. The van der Waals surface area contributed by atoms with Crippen LogP contribution in [0.25, 0.3) is 0 Å². The molecule has 0 radical (unpaired) electrons. The van der Waals surface area contributed by atoms with Crippen LogP contribution in [0.5, 0.6) is 0 Å². The SMILES string of the molecule is CC(=O)O.CC(=O)O.CC(=O)O.CC(=O)O.CC(=O)O.N#CON(CCNCCN)Cc1ccccc1.S. The van der Waals surface area contributed by atoms with Gasteiger partial charge in [0, 0.05) is 60.8 Å². The molecule has 8 N–H and O–H groups in total. The summed E-state index contributed by atoms with van der Waals surface area (Å²) in [5, 5.41) is 50.4. The van der Waals surface area contributed by atoms with Crippen molar-refractivity contribution in [1.29, 1.82) is 5.26 Å². The molecule has 0 fully saturated rings. The molecule has 16 heteroatoms. The predicted octanol–water partition coefficient (Wildman–Crippen LogP) is 1.02. The number of benzene rings is 1. The summed E-state index contributed by atoms with van der Waals surface area (Å²) in [5.74, 6) is -4.17. The predicted molar refractivity (Wildman–Crippen MR) is 142 cm³/mol. The number of nitrogens with two attached hydrogens (primary N) is 1. The third-order valence-electron chi connectivity index (χ3n) is 2.23. The molecule has 1 aromatic carbocycles. The molecule has 15 nitrogen and oxygen atoms in total. The largest absolute Gasteiger partial charge is 0.481 e. The molecule has 0 bridgehead atoms. The van der Waals surface area contributed by atoms with E-state index in [0.29, 0.717) is 19.6 Å². The van der Waals surface area contributed by atoms with Crippen LogP contribution < -0.4 is 11.1 Å². The first-order chi connectivity index (χ1) is 17.0. The lowest BCUT2D eigenvalue weighted by molar-refractivity contribution is -0.135. The average Bonchev–Trinajstić information content (AvgIpc) is 2.70. The van der Waals surface area contributed by atoms with Crippen molar-refractivity contribution >= 4 is 43.3 Å². The Kier molecular flexibility index (Phi) is 46.9. The third kappa shape index (κ3) is 106. The molecule has 0 aromatic heterocycles. The van der Waals surface area contributed by atoms with Crippen molar-refractivity contribution in [2.24, 2.45) is 5.73 Å². The number of rotatable bonds is 8. The standard InChI is InChI=1S/C12H18N4O.5C2H4O2.H2S/c13-6-7-15-8-9-16(17-11-14)10-12-4-2-1-3-5-12;5*1-2(3)4;/h1-5,15H,6-10,13H2;5*1H3,(H,3,4);1H2. The van der Waals surface area contributed by atoms with Crippen LogP contribution in [0, 0.1) is 11.5 Å². The van der Waals surface area contributed by atoms with E-state index in [4.69, 9.17) is 65.3 Å². The van der Waals surface area contributed by atoms with Crippen LogP contribution in [0.15, 0.2) is 30.3 Å². The first-order valence-corrected chi connectivity index (χ1v) is 10.3. The normalized spacial score (nSPS) is 7.84. The van der Waals surface area contributed by atoms with Gasteiger partial charge in [-0.1, -0.05) is 30.3 Å². The zero-order valence-electron chi connectivity index (χ0n) is 22.1. The highest BCUT2D eigenvalue weighted by molar-refractivity contribution is 7.59. The Balaban J connectivity index is -0.000000100. The Morgan fingerprint density at radius 3 is 1.45 bits per heavy atom. The summed E-state index contributed by atoms with van der Waals surface area (Å²) >= 11 is 0. The molecule has 0 atom stereocenters. The molecule has 220 valence electrons. The van der Waals surface area contributed by atoms with Gasteiger partial charge < -0.3 is 41.4 Å². The highest BCUT2D eigenvalue weighted by Gasteiger charge is 2.06. The average molecular weight is 569 g/mol. The van der Waals surface area contributed by atoms with Crippen molar-refractivity contribution in [2.45, 2.75) is 41.2 Å². The number of nitriles is 1. The fourth-order valence-corrected chi connectivity index (χ4v) is 1.43. The van der Waals surface area contributed by atoms with E-state index in [9.17, 15) is 0 Å². The Labute approximate surface area is 228 Å². The first-order valence-electron chi connectivity index (χ1n) is 10.3. The summed E-state index contributed by atoms with van der Waals surface area (Å²) in [6.45, 7) is 8.77. The molecule has 0 aliphatic rings. The van der Waals surface area contributed by atoms with Crippen LogP contribution in [0.4, 0.5) is 0 Å². The molecule has 0 saturated carbocycles. The van der Waals surface area contributed by atoms with Crippen molar-refractivity contribution in [3.63, 3.8) is 0 Å². The number of hydrogen-bond acceptors (Lipinski definition) is 10. The van der Waals surface area contributed by atoms with Crippen molar-refractivity contribution < 1.29 is 54.3 Å². The van der Waals surface area contributed by atoms with Gasteiger partial charge in [0.05, 0.1) is 6.54 Å². The molecule has 1 aromatic rings. The van der Waals surface area contributed by atoms with Gasteiger partial charge >= 0.3 is 6.26 Å². The number of hydroxylamine groups is 2. The van der Waals surface area contributed by atoms with Crippen LogP contribution >= 0.6 is 13.5 Å². The summed E-state index contributed by atoms with van der Waals surface area (Å²) in [7, 11) is 0. The van der Waals surface area contributed by atoms with Crippen LogP contribution in [0.1, 0.15) is 40.2 Å². The van der Waals surface area contributed by atoms with E-state index in [2.05, 4.69) is 5.32 Å². The minimum atomic E-state index is -0.833. The van der Waals surface area contributed by atoms with Gasteiger partial charge in [0.15, 0.2) is 0 Å². The summed E-state index contributed by atoms with van der Waals surface area (Å²) in [6, 6.07) is 9.89. The van der Waals surface area contributed by atoms with Gasteiger partial charge in [0.1, 0.15) is 0 Å². The van der Waals surface area contributed by atoms with Crippen LogP contribution in [0.2, 0.25) is 0 Å². The summed E-state index contributed by atoms with van der Waals surface area (Å²) in [4.78, 5) is 49.9. The van der Waals surface area contributed by atoms with Gasteiger partial charge in [-0.3, -0.25) is 24.0 Å². The summed E-state index contributed by atoms with van der Waals surface area (Å²) in [5.41, 5.74) is 6.48. The first kappa shape index (κ1) is 47.3. The fraction of sp³-hybridized carbons (Fsp3) is 0.455. The van der Waals surface area contributed by atoms with E-state index in [1.165, 1.54) is 0 Å². The van der Waals surface area contributed by atoms with Crippen LogP contribution in [-0.4, -0.2) is 86.6 Å². The molecular formula is C22H40N4O11S. The highest BCUT2D eigenvalue weighted by Crippen LogP contribution is 2.03. The maximum Gasteiger partial charge on any atom is 0.307 e. The van der Waals surface area contributed by atoms with Gasteiger partial charge in [-0.05, 0) is 5.56 Å². The zero-order valence-corrected chi connectivity index (χ0v) is 23.1. The number of carboxylic acids is 5. The highest BCUT2D eigenvalue weighted by atomic mass is 32.1. The molecule has 0 heterocycles. The molecule has 38 heavy (non-hydrogen) atoms. The summed E-state index contributed by atoms with van der Waals surface area (Å²) in [6.07, 6.45) is 1.70. The van der Waals surface area contributed by atoms with E-state index in [0.717, 1.165) is 53.3 Å². The Hall–Kier alpha value is -3.91. The number of nitrogens with one attached hydrogen (secondary N) is 1. The van der Waals surface area contributed by atoms with Crippen molar-refractivity contribution in [3.05, 3.63) is 35.9 Å². The molecular weight excluding hydrogens is 528 g/mol. The molecule has 0 unspecified atom stereocenters. The zero-order chi connectivity index (χ0) is 30.2. The molecule has 0 amide bonds. The maximum absolute atomic E-state index is 9.00. The number of hydrogen-bond donors (Lipinski definition) is 7. The van der Waals surface area contributed by atoms with E-state index >= 15 is 0 Å². The lowest BCUT2D eigenvalue weighted by atomic mass is 10.2. The minimum absolute atomic E-state index is 0. The van der Waals surface area contributed by atoms with Crippen molar-refractivity contribution in [2.75, 3.05) is 26.2 Å². The second-order valence-corrected chi connectivity index (χ2v) is 6.17. The van der Waals surface area contributed by atoms with E-state index < -0.39 is 29.8 Å². The van der Waals surface area contributed by atoms with Crippen LogP contribution in [-0.2, 0) is 35.4 Å². The van der Waals surface area contributed by atoms with Crippen molar-refractivity contribution in [3.8, 4) is 6.26 Å². The van der Waals surface area contributed by atoms with Gasteiger partial charge in [0.25, 0.3) is 29.8 Å². The molecule has 0 aliphatic carbocycles. The second-order valence-electron chi connectivity index (χ2n) is 6.17. The van der Waals surface area contributed by atoms with E-state index in [1.807, 2.05) is 30.3 Å². The third-order valence-corrected chi connectivity index (χ3v) is 2.23. The maximum atomic E-state index is 9.00. The molecule has 0 aliphatic heterocycles. The second kappa shape index (κ2) is 37.6. The van der Waals surface area contributed by atoms with E-state index in [-0.39, 0.29) is 13.5 Å². The smallest absolute Gasteiger partial charge is 0.307 e. The van der Waals surface area contributed by atoms with Crippen LogP contribution in [0.3, 0.4) is 0 Å². The van der Waals surface area contributed by atoms with E-state index in [1.54, 1.807) is 11.3 Å². The number of aliphatic carboxylic acids is 5. The topological polar surface area (TPSA) is 261 Å². The lowest BCUT2D eigenvalue weighted by Crippen LogP contribution is -2.33. The van der Waals surface area contributed by atoms with Gasteiger partial charge in [-0.15, -0.1) is 10.3 Å². The number of nitrogens with zero attached hydrogens (tertiary/aromatic N) is 2. The molecule has 1 rings (SSSR count).